The van der Waals surface area contributed by atoms with E-state index >= 15 is 0 Å². The number of nitrogens with one attached hydrogen (secondary N) is 1. The number of hydrogen-bond donors (Lipinski definition) is 2. The van der Waals surface area contributed by atoms with Gasteiger partial charge < -0.3 is 19.7 Å². The number of morpholine rings is 1. The van der Waals surface area contributed by atoms with Crippen molar-refractivity contribution in [1.29, 1.82) is 0 Å². The zero-order valence-electron chi connectivity index (χ0n) is 15.2. The van der Waals surface area contributed by atoms with Gasteiger partial charge in [0, 0.05) is 36.0 Å². The molecular weight excluding hydrogens is 330 g/mol. The van der Waals surface area contributed by atoms with Gasteiger partial charge in [-0.3, -0.25) is 0 Å². The summed E-state index contributed by atoms with van der Waals surface area (Å²) in [6, 6.07) is 5.97. The van der Waals surface area contributed by atoms with E-state index in [9.17, 15) is 5.11 Å². The third-order valence-corrected chi connectivity index (χ3v) is 4.70. The molecule has 7 nitrogen and oxygen atoms in total. The smallest absolute Gasteiger partial charge is 0.162 e. The van der Waals surface area contributed by atoms with Crippen molar-refractivity contribution in [2.24, 2.45) is 0 Å². The van der Waals surface area contributed by atoms with Crippen LogP contribution in [0.4, 0.5) is 5.82 Å². The van der Waals surface area contributed by atoms with Gasteiger partial charge in [-0.1, -0.05) is 0 Å². The molecule has 1 aliphatic heterocycles. The minimum absolute atomic E-state index is 0.214. The predicted octanol–water partition coefficient (Wildman–Crippen LogP) is 2.47. The fourth-order valence-corrected chi connectivity index (χ4v) is 3.24. The fraction of sp³-hybridized carbons (Fsp3) is 0.421. The van der Waals surface area contributed by atoms with Crippen LogP contribution >= 0.6 is 0 Å². The highest BCUT2D eigenvalue weighted by Gasteiger charge is 2.26. The van der Waals surface area contributed by atoms with E-state index in [-0.39, 0.29) is 6.04 Å². The molecule has 1 aliphatic rings. The Morgan fingerprint density at radius 3 is 2.92 bits per heavy atom. The summed E-state index contributed by atoms with van der Waals surface area (Å²) < 4.78 is 5.55. The molecule has 4 heterocycles. The summed E-state index contributed by atoms with van der Waals surface area (Å²) in [4.78, 5) is 19.2. The van der Waals surface area contributed by atoms with Crippen LogP contribution in [0.3, 0.4) is 0 Å². The van der Waals surface area contributed by atoms with Crippen LogP contribution in [-0.2, 0) is 10.3 Å². The molecule has 7 heteroatoms. The summed E-state index contributed by atoms with van der Waals surface area (Å²) in [5.41, 5.74) is 1.22. The molecule has 0 amide bonds. The van der Waals surface area contributed by atoms with E-state index in [1.807, 2.05) is 24.4 Å². The fourth-order valence-electron chi connectivity index (χ4n) is 3.24. The molecule has 1 atom stereocenters. The molecule has 26 heavy (non-hydrogen) atoms. The molecule has 3 aromatic heterocycles. The van der Waals surface area contributed by atoms with Crippen LogP contribution in [0.25, 0.3) is 22.4 Å². The third-order valence-electron chi connectivity index (χ3n) is 4.70. The molecule has 1 saturated heterocycles. The van der Waals surface area contributed by atoms with Crippen molar-refractivity contribution < 1.29 is 9.84 Å². The molecule has 136 valence electrons. The quantitative estimate of drug-likeness (QED) is 0.752. The number of ether oxygens (including phenoxy) is 1. The Hall–Kier alpha value is -2.51. The second kappa shape index (κ2) is 6.34. The second-order valence-electron chi connectivity index (χ2n) is 7.21. The van der Waals surface area contributed by atoms with Gasteiger partial charge in [0.2, 0.25) is 0 Å². The van der Waals surface area contributed by atoms with Crippen LogP contribution in [0.2, 0.25) is 0 Å². The summed E-state index contributed by atoms with van der Waals surface area (Å²) in [7, 11) is 0. The number of pyridine rings is 1. The summed E-state index contributed by atoms with van der Waals surface area (Å²) in [5, 5.41) is 11.5. The van der Waals surface area contributed by atoms with Gasteiger partial charge in [-0.15, -0.1) is 0 Å². The minimum Gasteiger partial charge on any atom is -0.384 e. The largest absolute Gasteiger partial charge is 0.384 e. The van der Waals surface area contributed by atoms with E-state index in [4.69, 9.17) is 9.72 Å². The maximum absolute atomic E-state index is 10.6. The zero-order valence-corrected chi connectivity index (χ0v) is 15.2. The van der Waals surface area contributed by atoms with Gasteiger partial charge in [0.25, 0.3) is 0 Å². The van der Waals surface area contributed by atoms with Gasteiger partial charge in [0.1, 0.15) is 17.1 Å². The summed E-state index contributed by atoms with van der Waals surface area (Å²) >= 11 is 0. The van der Waals surface area contributed by atoms with E-state index in [1.54, 1.807) is 20.0 Å². The van der Waals surface area contributed by atoms with Gasteiger partial charge in [-0.2, -0.15) is 0 Å². The van der Waals surface area contributed by atoms with Gasteiger partial charge in [-0.25, -0.2) is 15.0 Å². The monoisotopic (exact) mass is 353 g/mol. The number of anilines is 1. The molecule has 0 unspecified atom stereocenters. The molecule has 0 saturated carbocycles. The predicted molar refractivity (Wildman–Crippen MR) is 100.0 cm³/mol. The van der Waals surface area contributed by atoms with E-state index in [0.717, 1.165) is 29.0 Å². The minimum atomic E-state index is -1.06. The van der Waals surface area contributed by atoms with Crippen molar-refractivity contribution in [3.8, 4) is 11.4 Å². The molecule has 0 bridgehead atoms. The van der Waals surface area contributed by atoms with Crippen molar-refractivity contribution in [2.45, 2.75) is 32.4 Å². The number of hydrogen-bond acceptors (Lipinski definition) is 6. The lowest BCUT2D eigenvalue weighted by Gasteiger charge is -2.35. The molecule has 3 aromatic rings. The maximum atomic E-state index is 10.6. The van der Waals surface area contributed by atoms with Crippen molar-refractivity contribution in [3.05, 3.63) is 36.3 Å². The molecule has 4 rings (SSSR count). The highest BCUT2D eigenvalue weighted by atomic mass is 16.5. The number of aromatic nitrogens is 4. The van der Waals surface area contributed by atoms with Crippen LogP contribution in [0.5, 0.6) is 0 Å². The first-order chi connectivity index (χ1) is 12.4. The van der Waals surface area contributed by atoms with Crippen LogP contribution < -0.4 is 4.90 Å². The van der Waals surface area contributed by atoms with E-state index < -0.39 is 5.60 Å². The molecule has 2 N–H and O–H groups in total. The maximum Gasteiger partial charge on any atom is 0.162 e. The SMILES string of the molecule is C[C@@H]1COCCN1c1cc(C(C)(C)O)nc(-c2ccnc3[nH]ccc23)n1. The lowest BCUT2D eigenvalue weighted by molar-refractivity contribution is 0.0736. The molecule has 0 aromatic carbocycles. The number of nitrogens with zero attached hydrogens (tertiary/aromatic N) is 4. The number of aliphatic hydroxyl groups is 1. The molecule has 0 aliphatic carbocycles. The summed E-state index contributed by atoms with van der Waals surface area (Å²) in [5.74, 6) is 1.40. The highest BCUT2D eigenvalue weighted by molar-refractivity contribution is 5.91. The molecule has 0 spiro atoms. The Morgan fingerprint density at radius 1 is 1.31 bits per heavy atom. The number of aromatic amines is 1. The third kappa shape index (κ3) is 3.04. The first kappa shape index (κ1) is 16.9. The normalized spacial score (nSPS) is 18.5. The first-order valence-corrected chi connectivity index (χ1v) is 8.82. The van der Waals surface area contributed by atoms with Crippen molar-refractivity contribution in [1.82, 2.24) is 19.9 Å². The standard InChI is InChI=1S/C19H23N5O2/c1-12-11-26-9-8-24(12)16-10-15(19(2,3)25)22-18(23-16)14-5-7-21-17-13(14)4-6-20-17/h4-7,10,12,25H,8-9,11H2,1-3H3,(H,20,21)/t12-/m1/s1. The zero-order chi connectivity index (χ0) is 18.3. The van der Waals surface area contributed by atoms with E-state index in [1.165, 1.54) is 0 Å². The van der Waals surface area contributed by atoms with Crippen LogP contribution in [-0.4, -0.2) is 50.8 Å². The molecular formula is C19H23N5O2. The number of fused-ring (bicyclic) bond motifs is 1. The average molecular weight is 353 g/mol. The summed E-state index contributed by atoms with van der Waals surface area (Å²) in [6.07, 6.45) is 3.59. The molecule has 1 fully saturated rings. The number of rotatable bonds is 3. The Labute approximate surface area is 152 Å². The van der Waals surface area contributed by atoms with Crippen LogP contribution in [0.15, 0.2) is 30.6 Å². The molecule has 0 radical (unpaired) electrons. The van der Waals surface area contributed by atoms with Gasteiger partial charge >= 0.3 is 0 Å². The average Bonchev–Trinajstić information content (AvgIpc) is 3.09. The van der Waals surface area contributed by atoms with Crippen molar-refractivity contribution >= 4 is 16.9 Å². The first-order valence-electron chi connectivity index (χ1n) is 8.82. The Morgan fingerprint density at radius 2 is 2.15 bits per heavy atom. The van der Waals surface area contributed by atoms with E-state index in [2.05, 4.69) is 26.8 Å². The van der Waals surface area contributed by atoms with Crippen molar-refractivity contribution in [3.63, 3.8) is 0 Å². The van der Waals surface area contributed by atoms with Gasteiger partial charge in [-0.05, 0) is 32.9 Å². The second-order valence-corrected chi connectivity index (χ2v) is 7.21. The lowest BCUT2D eigenvalue weighted by atomic mass is 10.0. The Kier molecular flexibility index (Phi) is 4.13. The van der Waals surface area contributed by atoms with E-state index in [0.29, 0.717) is 24.7 Å². The van der Waals surface area contributed by atoms with Crippen LogP contribution in [0.1, 0.15) is 26.5 Å². The Balaban J connectivity index is 1.89. The lowest BCUT2D eigenvalue weighted by Crippen LogP contribution is -2.44. The number of H-pyrrole nitrogens is 1. The summed E-state index contributed by atoms with van der Waals surface area (Å²) in [6.45, 7) is 7.68. The van der Waals surface area contributed by atoms with Gasteiger partial charge in [0.15, 0.2) is 5.82 Å². The topological polar surface area (TPSA) is 87.2 Å². The van der Waals surface area contributed by atoms with Crippen LogP contribution in [0, 0.1) is 0 Å². The Bertz CT molecular complexity index is 931. The van der Waals surface area contributed by atoms with Crippen molar-refractivity contribution in [2.75, 3.05) is 24.7 Å². The van der Waals surface area contributed by atoms with Gasteiger partial charge in [0.05, 0.1) is 24.9 Å². The highest BCUT2D eigenvalue weighted by Crippen LogP contribution is 2.30.